The van der Waals surface area contributed by atoms with E-state index in [-0.39, 0.29) is 0 Å². The second-order valence-corrected chi connectivity index (χ2v) is 8.98. The Bertz CT molecular complexity index is 1030. The minimum Gasteiger partial charge on any atom is -0.330 e. The Morgan fingerprint density at radius 3 is 2.71 bits per heavy atom. The molecule has 1 aliphatic carbocycles. The summed E-state index contributed by atoms with van der Waals surface area (Å²) in [6, 6.07) is 15.3. The van der Waals surface area contributed by atoms with Gasteiger partial charge in [-0.15, -0.1) is 21.5 Å². The normalized spacial score (nSPS) is 13.9. The Kier molecular flexibility index (Phi) is 5.01. The molecule has 0 amide bonds. The van der Waals surface area contributed by atoms with Gasteiger partial charge in [0, 0.05) is 36.3 Å². The summed E-state index contributed by atoms with van der Waals surface area (Å²) in [6.45, 7) is 0.843. The van der Waals surface area contributed by atoms with Crippen LogP contribution in [-0.4, -0.2) is 24.3 Å². The Labute approximate surface area is 172 Å². The zero-order chi connectivity index (χ0) is 18.8. The lowest BCUT2D eigenvalue weighted by molar-refractivity contribution is 0.634. The summed E-state index contributed by atoms with van der Waals surface area (Å²) in [6.07, 6.45) is 7.26. The molecule has 0 aliphatic heterocycles. The van der Waals surface area contributed by atoms with E-state index in [1.165, 1.54) is 23.3 Å². The SMILES string of the molecule is c1ccc(Cn2ccnc2CSc2nnc(Cc3cccs3)n2C2CC2)cc1. The molecule has 4 aromatic rings. The molecule has 1 aromatic carbocycles. The number of rotatable bonds is 8. The monoisotopic (exact) mass is 407 g/mol. The topological polar surface area (TPSA) is 48.5 Å². The van der Waals surface area contributed by atoms with Crippen molar-refractivity contribution in [2.24, 2.45) is 0 Å². The molecule has 3 aromatic heterocycles. The number of nitrogens with zero attached hydrogens (tertiary/aromatic N) is 5. The van der Waals surface area contributed by atoms with E-state index in [9.17, 15) is 0 Å². The van der Waals surface area contributed by atoms with Crippen molar-refractivity contribution in [3.8, 4) is 0 Å². The van der Waals surface area contributed by atoms with Gasteiger partial charge in [0.1, 0.15) is 11.6 Å². The van der Waals surface area contributed by atoms with Gasteiger partial charge in [-0.1, -0.05) is 48.2 Å². The summed E-state index contributed by atoms with van der Waals surface area (Å²) >= 11 is 3.52. The van der Waals surface area contributed by atoms with Crippen molar-refractivity contribution in [3.05, 3.63) is 82.3 Å². The zero-order valence-corrected chi connectivity index (χ0v) is 17.1. The number of imidazole rings is 1. The first-order valence-corrected chi connectivity index (χ1v) is 11.4. The molecule has 1 fully saturated rings. The molecule has 1 saturated carbocycles. The second kappa shape index (κ2) is 7.93. The molecule has 7 heteroatoms. The van der Waals surface area contributed by atoms with Gasteiger partial charge in [0.15, 0.2) is 5.16 Å². The van der Waals surface area contributed by atoms with E-state index in [1.807, 2.05) is 12.3 Å². The highest BCUT2D eigenvalue weighted by molar-refractivity contribution is 7.98. The van der Waals surface area contributed by atoms with Crippen molar-refractivity contribution in [1.29, 1.82) is 0 Å². The molecule has 0 radical (unpaired) electrons. The Hall–Kier alpha value is -2.38. The highest BCUT2D eigenvalue weighted by Crippen LogP contribution is 2.39. The molecule has 1 aliphatic rings. The first-order chi connectivity index (χ1) is 13.9. The Balaban J connectivity index is 1.31. The van der Waals surface area contributed by atoms with Crippen LogP contribution in [-0.2, 0) is 18.7 Å². The lowest BCUT2D eigenvalue weighted by Gasteiger charge is -2.10. The first kappa shape index (κ1) is 17.7. The molecule has 0 bridgehead atoms. The van der Waals surface area contributed by atoms with Crippen molar-refractivity contribution >= 4 is 23.1 Å². The van der Waals surface area contributed by atoms with Crippen molar-refractivity contribution in [3.63, 3.8) is 0 Å². The minimum atomic E-state index is 0.566. The number of hydrogen-bond acceptors (Lipinski definition) is 5. The summed E-state index contributed by atoms with van der Waals surface area (Å²) in [4.78, 5) is 5.91. The number of thiophene rings is 1. The van der Waals surface area contributed by atoms with Crippen LogP contribution in [0.4, 0.5) is 0 Å². The van der Waals surface area contributed by atoms with Crippen LogP contribution < -0.4 is 0 Å². The molecule has 0 N–H and O–H groups in total. The molecule has 142 valence electrons. The van der Waals surface area contributed by atoms with Gasteiger partial charge in [0.05, 0.1) is 5.75 Å². The van der Waals surface area contributed by atoms with Crippen molar-refractivity contribution < 1.29 is 0 Å². The average molecular weight is 408 g/mol. The van der Waals surface area contributed by atoms with Crippen LogP contribution >= 0.6 is 23.1 Å². The molecule has 0 saturated heterocycles. The van der Waals surface area contributed by atoms with Crippen molar-refractivity contribution in [1.82, 2.24) is 24.3 Å². The van der Waals surface area contributed by atoms with E-state index in [2.05, 4.69) is 72.3 Å². The summed E-state index contributed by atoms with van der Waals surface area (Å²) in [5, 5.41) is 12.2. The quantitative estimate of drug-likeness (QED) is 0.394. The van der Waals surface area contributed by atoms with Crippen LogP contribution in [0.3, 0.4) is 0 Å². The Morgan fingerprint density at radius 2 is 1.93 bits per heavy atom. The average Bonchev–Trinajstić information content (AvgIpc) is 3.08. The number of thioether (sulfide) groups is 1. The molecule has 3 heterocycles. The van der Waals surface area contributed by atoms with E-state index >= 15 is 0 Å². The lowest BCUT2D eigenvalue weighted by Crippen LogP contribution is -2.05. The fourth-order valence-corrected chi connectivity index (χ4v) is 5.02. The zero-order valence-electron chi connectivity index (χ0n) is 15.4. The van der Waals surface area contributed by atoms with Gasteiger partial charge in [-0.05, 0) is 29.9 Å². The largest absolute Gasteiger partial charge is 0.330 e. The summed E-state index contributed by atoms with van der Waals surface area (Å²) in [5.74, 6) is 2.95. The summed E-state index contributed by atoms with van der Waals surface area (Å²) in [7, 11) is 0. The van der Waals surface area contributed by atoms with E-state index in [0.717, 1.165) is 35.5 Å². The van der Waals surface area contributed by atoms with Gasteiger partial charge in [0.2, 0.25) is 0 Å². The summed E-state index contributed by atoms with van der Waals surface area (Å²) in [5.41, 5.74) is 1.28. The fourth-order valence-electron chi connectivity index (χ4n) is 3.33. The van der Waals surface area contributed by atoms with Crippen LogP contribution in [0.15, 0.2) is 65.4 Å². The minimum absolute atomic E-state index is 0.566. The van der Waals surface area contributed by atoms with Gasteiger partial charge in [-0.2, -0.15) is 0 Å². The van der Waals surface area contributed by atoms with Crippen LogP contribution in [0.5, 0.6) is 0 Å². The first-order valence-electron chi connectivity index (χ1n) is 9.50. The Morgan fingerprint density at radius 1 is 1.04 bits per heavy atom. The molecular weight excluding hydrogens is 386 g/mol. The number of aromatic nitrogens is 5. The smallest absolute Gasteiger partial charge is 0.191 e. The van der Waals surface area contributed by atoms with Gasteiger partial charge < -0.3 is 9.13 Å². The molecule has 5 rings (SSSR count). The third-order valence-electron chi connectivity index (χ3n) is 4.89. The molecule has 5 nitrogen and oxygen atoms in total. The van der Waals surface area contributed by atoms with E-state index < -0.39 is 0 Å². The summed E-state index contributed by atoms with van der Waals surface area (Å²) < 4.78 is 4.57. The van der Waals surface area contributed by atoms with E-state index in [4.69, 9.17) is 0 Å². The maximum absolute atomic E-state index is 4.57. The van der Waals surface area contributed by atoms with Gasteiger partial charge >= 0.3 is 0 Å². The molecule has 0 spiro atoms. The maximum atomic E-state index is 4.57. The molecule has 0 unspecified atom stereocenters. The number of hydrogen-bond donors (Lipinski definition) is 0. The van der Waals surface area contributed by atoms with E-state index in [0.29, 0.717) is 6.04 Å². The van der Waals surface area contributed by atoms with Crippen molar-refractivity contribution in [2.75, 3.05) is 0 Å². The van der Waals surface area contributed by atoms with E-state index in [1.54, 1.807) is 23.1 Å². The molecule has 28 heavy (non-hydrogen) atoms. The fraction of sp³-hybridized carbons (Fsp3) is 0.286. The lowest BCUT2D eigenvalue weighted by atomic mass is 10.2. The molecule has 0 atom stereocenters. The maximum Gasteiger partial charge on any atom is 0.191 e. The van der Waals surface area contributed by atoms with Crippen molar-refractivity contribution in [2.45, 2.75) is 42.8 Å². The van der Waals surface area contributed by atoms with Crippen LogP contribution in [0.2, 0.25) is 0 Å². The van der Waals surface area contributed by atoms with Crippen LogP contribution in [0.1, 0.15) is 41.0 Å². The standard InChI is InChI=1S/C21H21N5S2/c1-2-5-16(6-3-1)14-25-11-10-22-20(25)15-28-21-24-23-19(26(21)17-8-9-17)13-18-7-4-12-27-18/h1-7,10-12,17H,8-9,13-15H2. The molecular formula is C21H21N5S2. The highest BCUT2D eigenvalue weighted by Gasteiger charge is 2.29. The highest BCUT2D eigenvalue weighted by atomic mass is 32.2. The van der Waals surface area contributed by atoms with Crippen LogP contribution in [0.25, 0.3) is 0 Å². The number of benzene rings is 1. The van der Waals surface area contributed by atoms with Gasteiger partial charge in [-0.3, -0.25) is 0 Å². The van der Waals surface area contributed by atoms with Gasteiger partial charge in [-0.25, -0.2) is 4.98 Å². The van der Waals surface area contributed by atoms with Crippen LogP contribution in [0, 0.1) is 0 Å². The third-order valence-corrected chi connectivity index (χ3v) is 6.70. The predicted octanol–water partition coefficient (Wildman–Crippen LogP) is 4.80. The van der Waals surface area contributed by atoms with Gasteiger partial charge in [0.25, 0.3) is 0 Å². The predicted molar refractivity (Wildman–Crippen MR) is 113 cm³/mol. The second-order valence-electron chi connectivity index (χ2n) is 7.00. The third kappa shape index (κ3) is 3.91.